The molecule has 0 aliphatic heterocycles. The van der Waals surface area contributed by atoms with Gasteiger partial charge in [-0.2, -0.15) is 11.8 Å². The number of rotatable bonds is 22. The number of esters is 1. The molecule has 0 heterocycles. The van der Waals surface area contributed by atoms with Crippen LogP contribution in [0.25, 0.3) is 0 Å². The Hall–Kier alpha value is -1.45. The summed E-state index contributed by atoms with van der Waals surface area (Å²) in [4.78, 5) is 38.1. The van der Waals surface area contributed by atoms with Crippen molar-refractivity contribution in [3.8, 4) is 0 Å². The largest absolute Gasteiger partial charge is 0.465 e. The minimum atomic E-state index is -0.553. The summed E-state index contributed by atoms with van der Waals surface area (Å²) in [5.41, 5.74) is 0. The number of ketones is 1. The molecule has 1 aliphatic rings. The Morgan fingerprint density at radius 1 is 0.943 bits per heavy atom. The number of thioether (sulfide) groups is 1. The fourth-order valence-corrected chi connectivity index (χ4v) is 5.14. The summed E-state index contributed by atoms with van der Waals surface area (Å²) in [5.74, 6) is 1.22. The van der Waals surface area contributed by atoms with Crippen LogP contribution in [0.5, 0.6) is 0 Å². The highest BCUT2D eigenvalue weighted by atomic mass is 32.2. The molecule has 8 nitrogen and oxygen atoms in total. The Morgan fingerprint density at radius 3 is 2.46 bits per heavy atom. The van der Waals surface area contributed by atoms with Crippen LogP contribution in [-0.2, 0) is 19.2 Å². The number of carbonyl (C=O) groups excluding carboxylic acids is 2. The summed E-state index contributed by atoms with van der Waals surface area (Å²) in [5, 5.41) is 23.1. The highest BCUT2D eigenvalue weighted by Crippen LogP contribution is 2.38. The van der Waals surface area contributed by atoms with Crippen LogP contribution in [0, 0.1) is 16.7 Å². The molecule has 0 bridgehead atoms. The number of ether oxygens (including phenoxy) is 1. The van der Waals surface area contributed by atoms with E-state index in [1.807, 2.05) is 12.2 Å². The van der Waals surface area contributed by atoms with Gasteiger partial charge in [0.05, 0.1) is 12.2 Å². The van der Waals surface area contributed by atoms with Crippen molar-refractivity contribution in [1.29, 1.82) is 0 Å². The van der Waals surface area contributed by atoms with Gasteiger partial charge in [-0.3, -0.25) is 9.59 Å². The van der Waals surface area contributed by atoms with Crippen LogP contribution in [0.4, 0.5) is 0 Å². The Kier molecular flexibility index (Phi) is 18.7. The lowest BCUT2D eigenvalue weighted by Gasteiger charge is -2.22. The van der Waals surface area contributed by atoms with E-state index in [-0.39, 0.29) is 30.2 Å². The predicted octanol–water partition coefficient (Wildman–Crippen LogP) is 5.15. The van der Waals surface area contributed by atoms with Crippen LogP contribution < -0.4 is 0 Å². The van der Waals surface area contributed by atoms with Crippen LogP contribution in [0.15, 0.2) is 17.5 Å². The van der Waals surface area contributed by atoms with Crippen LogP contribution in [0.1, 0.15) is 90.4 Å². The van der Waals surface area contributed by atoms with Crippen molar-refractivity contribution in [2.45, 2.75) is 103 Å². The molecule has 0 saturated heterocycles. The van der Waals surface area contributed by atoms with E-state index in [4.69, 9.17) is 4.74 Å². The lowest BCUT2D eigenvalue weighted by molar-refractivity contribution is -0.143. The normalized spacial score (nSPS) is 21.9. The molecule has 0 aromatic rings. The smallest absolute Gasteiger partial charge is 0.305 e. The maximum atomic E-state index is 12.2. The van der Waals surface area contributed by atoms with Gasteiger partial charge in [-0.15, -0.1) is 4.91 Å². The van der Waals surface area contributed by atoms with Crippen LogP contribution >= 0.6 is 11.8 Å². The summed E-state index contributed by atoms with van der Waals surface area (Å²) < 4.78 is 5.17. The zero-order valence-electron chi connectivity index (χ0n) is 21.3. The minimum absolute atomic E-state index is 0.0335. The van der Waals surface area contributed by atoms with Gasteiger partial charge in [0.15, 0.2) is 5.34 Å². The van der Waals surface area contributed by atoms with Gasteiger partial charge < -0.3 is 19.8 Å². The first-order chi connectivity index (χ1) is 17.0. The second kappa shape index (κ2) is 20.7. The van der Waals surface area contributed by atoms with Crippen molar-refractivity contribution < 1.29 is 29.4 Å². The van der Waals surface area contributed by atoms with E-state index in [2.05, 4.69) is 17.1 Å². The van der Waals surface area contributed by atoms with Gasteiger partial charge in [-0.1, -0.05) is 44.8 Å². The predicted molar refractivity (Wildman–Crippen MR) is 139 cm³/mol. The van der Waals surface area contributed by atoms with E-state index < -0.39 is 12.2 Å². The molecule has 0 spiro atoms. The maximum absolute atomic E-state index is 12.2. The molecular formula is C26H45NO7S. The van der Waals surface area contributed by atoms with Crippen LogP contribution in [0.3, 0.4) is 0 Å². The molecule has 1 rings (SSSR count). The molecule has 1 saturated carbocycles. The number of hydrogen-bond donors (Lipinski definition) is 2. The Balaban J connectivity index is 2.19. The topological polar surface area (TPSA) is 122 Å². The van der Waals surface area contributed by atoms with Crippen LogP contribution in [-0.4, -0.2) is 58.9 Å². The first-order valence-electron chi connectivity index (χ1n) is 13.2. The zero-order valence-corrected chi connectivity index (χ0v) is 22.1. The standard InChI is InChI=1S/C26H45NO7S/c1-2-3-4-5-8-11-21(28)14-15-23-22(24(29)20-25(23)30)12-9-6-7-10-13-26(31)33-16-18-35-19-17-34-27-32/h6,9,22-25,29-30H,2-5,7-8,10-20H2,1H3/b9-6-/t22-,23-,24+,25-/m1/s1. The number of unbranched alkanes of at least 4 members (excludes halogenated alkanes) is 5. The second-order valence-corrected chi connectivity index (χ2v) is 10.5. The highest BCUT2D eigenvalue weighted by molar-refractivity contribution is 7.99. The third kappa shape index (κ3) is 15.3. The molecule has 1 fully saturated rings. The van der Waals surface area contributed by atoms with Gasteiger partial charge in [0.2, 0.25) is 0 Å². The molecule has 0 unspecified atom stereocenters. The van der Waals surface area contributed by atoms with Gasteiger partial charge in [0, 0.05) is 30.8 Å². The van der Waals surface area contributed by atoms with Crippen molar-refractivity contribution in [2.24, 2.45) is 17.2 Å². The van der Waals surface area contributed by atoms with E-state index in [0.717, 1.165) is 19.3 Å². The third-order valence-corrected chi connectivity index (χ3v) is 7.44. The molecule has 0 aromatic carbocycles. The zero-order chi connectivity index (χ0) is 25.7. The van der Waals surface area contributed by atoms with Gasteiger partial charge >= 0.3 is 5.97 Å². The minimum Gasteiger partial charge on any atom is -0.465 e. The Bertz CT molecular complexity index is 617. The monoisotopic (exact) mass is 515 g/mol. The first-order valence-corrected chi connectivity index (χ1v) is 14.4. The van der Waals surface area contributed by atoms with E-state index in [1.54, 1.807) is 0 Å². The van der Waals surface area contributed by atoms with E-state index in [9.17, 15) is 24.7 Å². The molecule has 202 valence electrons. The maximum Gasteiger partial charge on any atom is 0.305 e. The van der Waals surface area contributed by atoms with Gasteiger partial charge in [0.1, 0.15) is 19.0 Å². The van der Waals surface area contributed by atoms with E-state index in [1.165, 1.54) is 31.0 Å². The fourth-order valence-electron chi connectivity index (χ4n) is 4.54. The van der Waals surface area contributed by atoms with Crippen LogP contribution in [0.2, 0.25) is 0 Å². The number of nitrogens with zero attached hydrogens (tertiary/aromatic N) is 1. The van der Waals surface area contributed by atoms with Gasteiger partial charge in [-0.05, 0) is 50.4 Å². The molecule has 0 aromatic heterocycles. The number of hydrogen-bond acceptors (Lipinski definition) is 9. The SMILES string of the molecule is CCCCCCCC(=O)CC[C@@H]1[C@@H](C/C=C\CCCC(=O)OCCSCCON=O)[C@@H](O)C[C@H]1O. The fraction of sp³-hybridized carbons (Fsp3) is 0.846. The van der Waals surface area contributed by atoms with Crippen molar-refractivity contribution in [1.82, 2.24) is 0 Å². The number of allylic oxidation sites excluding steroid dienone is 2. The molecule has 1 aliphatic carbocycles. The third-order valence-electron chi connectivity index (χ3n) is 6.53. The number of carbonyl (C=O) groups is 2. The molecule has 0 amide bonds. The van der Waals surface area contributed by atoms with E-state index >= 15 is 0 Å². The van der Waals surface area contributed by atoms with Crippen molar-refractivity contribution in [3.05, 3.63) is 17.1 Å². The van der Waals surface area contributed by atoms with Gasteiger partial charge in [-0.25, -0.2) is 0 Å². The lowest BCUT2D eigenvalue weighted by Crippen LogP contribution is -2.22. The molecule has 9 heteroatoms. The van der Waals surface area contributed by atoms with Gasteiger partial charge in [0.25, 0.3) is 0 Å². The summed E-state index contributed by atoms with van der Waals surface area (Å²) in [6.45, 7) is 2.76. The summed E-state index contributed by atoms with van der Waals surface area (Å²) in [6.07, 6.45) is 13.1. The molecule has 2 N–H and O–H groups in total. The quantitative estimate of drug-likeness (QED) is 0.0668. The number of aliphatic hydroxyl groups excluding tert-OH is 2. The van der Waals surface area contributed by atoms with Crippen molar-refractivity contribution in [2.75, 3.05) is 24.7 Å². The Morgan fingerprint density at radius 2 is 1.69 bits per heavy atom. The average Bonchev–Trinajstić information content (AvgIpc) is 3.11. The number of Topliss-reactive ketones (excluding diaryl/α,β-unsaturated/α-hetero) is 1. The Labute approximate surface area is 214 Å². The second-order valence-electron chi connectivity index (χ2n) is 9.28. The lowest BCUT2D eigenvalue weighted by atomic mass is 9.86. The number of aliphatic hydroxyl groups is 2. The van der Waals surface area contributed by atoms with Crippen molar-refractivity contribution in [3.63, 3.8) is 0 Å². The molecular weight excluding hydrogens is 470 g/mol. The first kappa shape index (κ1) is 31.6. The molecule has 4 atom stereocenters. The summed E-state index contributed by atoms with van der Waals surface area (Å²) in [7, 11) is 0. The van der Waals surface area contributed by atoms with Crippen molar-refractivity contribution >= 4 is 23.5 Å². The molecule has 0 radical (unpaired) electrons. The highest BCUT2D eigenvalue weighted by Gasteiger charge is 2.40. The summed E-state index contributed by atoms with van der Waals surface area (Å²) >= 11 is 1.52. The van der Waals surface area contributed by atoms with E-state index in [0.29, 0.717) is 63.1 Å². The molecule has 35 heavy (non-hydrogen) atoms. The average molecular weight is 516 g/mol. The summed E-state index contributed by atoms with van der Waals surface area (Å²) in [6, 6.07) is 0.